The summed E-state index contributed by atoms with van der Waals surface area (Å²) in [7, 11) is 0. The Morgan fingerprint density at radius 3 is 2.42 bits per heavy atom. The molecule has 0 saturated carbocycles. The van der Waals surface area contributed by atoms with Crippen molar-refractivity contribution in [1.82, 2.24) is 9.88 Å². The molecule has 1 N–H and O–H groups in total. The molecule has 1 aliphatic heterocycles. The van der Waals surface area contributed by atoms with Crippen LogP contribution in [0.2, 0.25) is 5.02 Å². The molecular weight excluding hydrogens is 505 g/mol. The molecule has 186 valence electrons. The molecule has 1 aromatic heterocycles. The maximum absolute atomic E-state index is 14.0. The first kappa shape index (κ1) is 25.5. The van der Waals surface area contributed by atoms with Crippen LogP contribution in [-0.2, 0) is 11.8 Å². The number of rotatable bonds is 4. The lowest BCUT2D eigenvalue weighted by molar-refractivity contribution is -0.137. The van der Waals surface area contributed by atoms with Crippen LogP contribution in [-0.4, -0.2) is 34.0 Å². The van der Waals surface area contributed by atoms with E-state index in [1.54, 1.807) is 30.3 Å². The molecule has 1 amide bonds. The Morgan fingerprint density at radius 2 is 1.83 bits per heavy atom. The number of aliphatic hydroxyl groups is 1. The molecule has 0 aliphatic carbocycles. The summed E-state index contributed by atoms with van der Waals surface area (Å²) in [5, 5.41) is 21.0. The van der Waals surface area contributed by atoms with Gasteiger partial charge in [0.15, 0.2) is 0 Å². The molecule has 4 rings (SSSR count). The smallest absolute Gasteiger partial charge is 0.383 e. The molecule has 36 heavy (non-hydrogen) atoms. The van der Waals surface area contributed by atoms with Gasteiger partial charge in [-0.15, -0.1) is 0 Å². The molecular formula is C25H17ClF5N3O2. The van der Waals surface area contributed by atoms with Crippen molar-refractivity contribution in [2.75, 3.05) is 13.1 Å². The van der Waals surface area contributed by atoms with Crippen LogP contribution in [0.25, 0.3) is 11.3 Å². The number of hydrogen-bond donors (Lipinski definition) is 1. The van der Waals surface area contributed by atoms with Crippen molar-refractivity contribution in [3.63, 3.8) is 0 Å². The van der Waals surface area contributed by atoms with Crippen molar-refractivity contribution in [1.29, 1.82) is 5.26 Å². The number of likely N-dealkylation sites (tertiary alicyclic amines) is 1. The van der Waals surface area contributed by atoms with E-state index in [0.717, 1.165) is 30.3 Å². The average Bonchev–Trinajstić information content (AvgIpc) is 3.25. The molecule has 0 radical (unpaired) electrons. The van der Waals surface area contributed by atoms with Gasteiger partial charge in [-0.1, -0.05) is 41.9 Å². The third-order valence-corrected chi connectivity index (χ3v) is 6.33. The molecule has 1 fully saturated rings. The molecule has 1 atom stereocenters. The number of β-amino-alcohol motifs (C(OH)–C–C–N with tert-alkyl or cyclic N) is 1. The standard InChI is InChI=1S/C25H17ClF5N3O2/c26-19-4-2-1-3-18(19)24(36)9-10-34(13-24)23(35)17-11-15(12-32)20(33-21(17)22(27)28)14-5-7-16(8-6-14)25(29,30)31/h1-8,11,22,36H,9-10,13H2. The number of aromatic nitrogens is 1. The van der Waals surface area contributed by atoms with Crippen LogP contribution in [0.1, 0.15) is 45.6 Å². The van der Waals surface area contributed by atoms with Crippen molar-refractivity contribution in [3.05, 3.63) is 87.6 Å². The monoisotopic (exact) mass is 521 g/mol. The van der Waals surface area contributed by atoms with Crippen LogP contribution in [0.15, 0.2) is 54.6 Å². The summed E-state index contributed by atoms with van der Waals surface area (Å²) in [6, 6.07) is 12.8. The van der Waals surface area contributed by atoms with Crippen molar-refractivity contribution < 1.29 is 31.9 Å². The van der Waals surface area contributed by atoms with Crippen molar-refractivity contribution in [2.24, 2.45) is 0 Å². The van der Waals surface area contributed by atoms with Crippen LogP contribution < -0.4 is 0 Å². The SMILES string of the molecule is N#Cc1cc(C(=O)N2CCC(O)(c3ccccc3Cl)C2)c(C(F)F)nc1-c1ccc(C(F)(F)F)cc1. The van der Waals surface area contributed by atoms with Gasteiger partial charge >= 0.3 is 6.18 Å². The molecule has 5 nitrogen and oxygen atoms in total. The summed E-state index contributed by atoms with van der Waals surface area (Å²) in [5.74, 6) is -0.865. The second-order valence-electron chi connectivity index (χ2n) is 8.29. The van der Waals surface area contributed by atoms with Crippen molar-refractivity contribution >= 4 is 17.5 Å². The van der Waals surface area contributed by atoms with Gasteiger partial charge in [0, 0.05) is 22.7 Å². The summed E-state index contributed by atoms with van der Waals surface area (Å²) >= 11 is 6.18. The molecule has 2 heterocycles. The second-order valence-corrected chi connectivity index (χ2v) is 8.70. The number of amides is 1. The Kier molecular flexibility index (Phi) is 6.73. The highest BCUT2D eigenvalue weighted by Gasteiger charge is 2.42. The topological polar surface area (TPSA) is 77.2 Å². The minimum atomic E-state index is -4.60. The summed E-state index contributed by atoms with van der Waals surface area (Å²) < 4.78 is 66.6. The van der Waals surface area contributed by atoms with Gasteiger partial charge in [-0.2, -0.15) is 18.4 Å². The van der Waals surface area contributed by atoms with E-state index in [0.29, 0.717) is 5.56 Å². The van der Waals surface area contributed by atoms with E-state index in [-0.39, 0.29) is 41.4 Å². The highest BCUT2D eigenvalue weighted by atomic mass is 35.5. The number of pyridine rings is 1. The number of alkyl halides is 5. The minimum absolute atomic E-state index is 0.00900. The van der Waals surface area contributed by atoms with Gasteiger partial charge in [-0.25, -0.2) is 13.8 Å². The van der Waals surface area contributed by atoms with Crippen LogP contribution in [0.3, 0.4) is 0 Å². The van der Waals surface area contributed by atoms with Crippen LogP contribution in [0.4, 0.5) is 22.0 Å². The van der Waals surface area contributed by atoms with E-state index in [2.05, 4.69) is 4.98 Å². The Balaban J connectivity index is 1.70. The van der Waals surface area contributed by atoms with Crippen LogP contribution in [0, 0.1) is 11.3 Å². The maximum atomic E-state index is 14.0. The number of hydrogen-bond acceptors (Lipinski definition) is 4. The van der Waals surface area contributed by atoms with E-state index >= 15 is 0 Å². The zero-order valence-corrected chi connectivity index (χ0v) is 19.1. The molecule has 11 heteroatoms. The highest BCUT2D eigenvalue weighted by molar-refractivity contribution is 6.31. The Labute approximate surface area is 207 Å². The van der Waals surface area contributed by atoms with E-state index < -0.39 is 40.9 Å². The van der Waals surface area contributed by atoms with Crippen LogP contribution in [0.5, 0.6) is 0 Å². The fraction of sp³-hybridized carbons (Fsp3) is 0.240. The van der Waals surface area contributed by atoms with Gasteiger partial charge < -0.3 is 10.0 Å². The number of halogens is 6. The molecule has 1 unspecified atom stereocenters. The normalized spacial score (nSPS) is 17.9. The largest absolute Gasteiger partial charge is 0.416 e. The van der Waals surface area contributed by atoms with E-state index in [1.165, 1.54) is 4.90 Å². The van der Waals surface area contributed by atoms with Crippen LogP contribution >= 0.6 is 11.6 Å². The summed E-state index contributed by atoms with van der Waals surface area (Å²) in [5.41, 5.74) is -4.02. The molecule has 0 spiro atoms. The van der Waals surface area contributed by atoms with Gasteiger partial charge in [0.25, 0.3) is 12.3 Å². The summed E-state index contributed by atoms with van der Waals surface area (Å²) in [6.07, 6.45) is -7.71. The fourth-order valence-electron chi connectivity index (χ4n) is 4.18. The third-order valence-electron chi connectivity index (χ3n) is 6.01. The Bertz CT molecular complexity index is 1360. The lowest BCUT2D eigenvalue weighted by atomic mass is 9.93. The van der Waals surface area contributed by atoms with Crippen molar-refractivity contribution in [2.45, 2.75) is 24.6 Å². The second kappa shape index (κ2) is 9.48. The first-order valence-electron chi connectivity index (χ1n) is 10.6. The predicted octanol–water partition coefficient (Wildman–Crippen LogP) is 5.96. The summed E-state index contributed by atoms with van der Waals surface area (Å²) in [4.78, 5) is 18.2. The third kappa shape index (κ3) is 4.76. The number of carbonyl (C=O) groups is 1. The van der Waals surface area contributed by atoms with Gasteiger partial charge in [0.05, 0.1) is 28.9 Å². The number of carbonyl (C=O) groups excluding carboxylic acids is 1. The first-order chi connectivity index (χ1) is 16.9. The predicted molar refractivity (Wildman–Crippen MR) is 120 cm³/mol. The lowest BCUT2D eigenvalue weighted by Crippen LogP contribution is -2.35. The average molecular weight is 522 g/mol. The number of nitrogens with zero attached hydrogens (tertiary/aromatic N) is 3. The van der Waals surface area contributed by atoms with Crippen molar-refractivity contribution in [3.8, 4) is 17.3 Å². The fourth-order valence-corrected chi connectivity index (χ4v) is 4.50. The lowest BCUT2D eigenvalue weighted by Gasteiger charge is -2.25. The van der Waals surface area contributed by atoms with E-state index in [1.807, 2.05) is 0 Å². The quantitative estimate of drug-likeness (QED) is 0.430. The van der Waals surface area contributed by atoms with Gasteiger partial charge in [0.2, 0.25) is 0 Å². The zero-order valence-electron chi connectivity index (χ0n) is 18.4. The Morgan fingerprint density at radius 1 is 1.17 bits per heavy atom. The molecule has 3 aromatic rings. The van der Waals surface area contributed by atoms with E-state index in [4.69, 9.17) is 11.6 Å². The Hall–Kier alpha value is -3.55. The molecule has 1 saturated heterocycles. The zero-order chi connectivity index (χ0) is 26.3. The van der Waals surface area contributed by atoms with Gasteiger partial charge in [-0.05, 0) is 30.7 Å². The number of nitriles is 1. The molecule has 1 aliphatic rings. The summed E-state index contributed by atoms with van der Waals surface area (Å²) in [6.45, 7) is -0.188. The first-order valence-corrected chi connectivity index (χ1v) is 11.0. The van der Waals surface area contributed by atoms with E-state index in [9.17, 15) is 37.1 Å². The highest BCUT2D eigenvalue weighted by Crippen LogP contribution is 2.38. The molecule has 2 aromatic carbocycles. The molecule has 0 bridgehead atoms. The van der Waals surface area contributed by atoms with Gasteiger partial charge in [-0.3, -0.25) is 4.79 Å². The minimum Gasteiger partial charge on any atom is -0.383 e. The van der Waals surface area contributed by atoms with Gasteiger partial charge in [0.1, 0.15) is 17.4 Å². The maximum Gasteiger partial charge on any atom is 0.416 e. The number of benzene rings is 2.